The first-order chi connectivity index (χ1) is 7.88. The summed E-state index contributed by atoms with van der Waals surface area (Å²) in [4.78, 5) is 11.1. The van der Waals surface area contributed by atoms with E-state index in [1.54, 1.807) is 6.08 Å². The number of nitriles is 1. The molecule has 0 aliphatic carbocycles. The fourth-order valence-corrected chi connectivity index (χ4v) is 1.77. The minimum Gasteiger partial charge on any atom is -0.365 e. The van der Waals surface area contributed by atoms with E-state index in [2.05, 4.69) is 6.07 Å². The third-order valence-corrected chi connectivity index (χ3v) is 3.10. The second-order valence-electron chi connectivity index (χ2n) is 4.21. The number of nitrogens with two attached hydrogens (primary N) is 1. The Kier molecular flexibility index (Phi) is 3.69. The van der Waals surface area contributed by atoms with Gasteiger partial charge >= 0.3 is 0 Å². The third-order valence-electron chi connectivity index (χ3n) is 3.10. The zero-order valence-electron chi connectivity index (χ0n) is 10.6. The highest BCUT2D eigenvalue weighted by atomic mass is 16.1. The van der Waals surface area contributed by atoms with Crippen molar-refractivity contribution in [2.75, 3.05) is 0 Å². The molecule has 0 atom stereocenters. The molecule has 2 N–H and O–H groups in total. The highest BCUT2D eigenvalue weighted by Crippen LogP contribution is 2.23. The maximum absolute atomic E-state index is 11.1. The van der Waals surface area contributed by atoms with Gasteiger partial charge in [-0.25, -0.2) is 0 Å². The smallest absolute Gasteiger partial charge is 0.259 e. The predicted molar refractivity (Wildman–Crippen MR) is 68.2 cm³/mol. The molecule has 1 aromatic carbocycles. The molecule has 0 aliphatic rings. The fraction of sp³-hybridized carbons (Fsp3) is 0.286. The SMILES string of the molecule is Cc1cc(C)c(C)c(/C=C(/C#N)C(N)=O)c1C. The zero-order valence-corrected chi connectivity index (χ0v) is 10.6. The van der Waals surface area contributed by atoms with E-state index in [1.807, 2.05) is 33.8 Å². The Labute approximate surface area is 102 Å². The van der Waals surface area contributed by atoms with Gasteiger partial charge in [-0.3, -0.25) is 4.79 Å². The summed E-state index contributed by atoms with van der Waals surface area (Å²) in [6.07, 6.45) is 1.58. The Morgan fingerprint density at radius 2 is 1.71 bits per heavy atom. The van der Waals surface area contributed by atoms with Gasteiger partial charge < -0.3 is 5.73 Å². The molecule has 3 heteroatoms. The van der Waals surface area contributed by atoms with Crippen molar-refractivity contribution in [3.05, 3.63) is 39.5 Å². The number of benzene rings is 1. The number of primary amides is 1. The molecular weight excluding hydrogens is 212 g/mol. The lowest BCUT2D eigenvalue weighted by molar-refractivity contribution is -0.114. The summed E-state index contributed by atoms with van der Waals surface area (Å²) >= 11 is 0. The summed E-state index contributed by atoms with van der Waals surface area (Å²) in [7, 11) is 0. The van der Waals surface area contributed by atoms with E-state index in [0.717, 1.165) is 27.8 Å². The summed E-state index contributed by atoms with van der Waals surface area (Å²) in [5.41, 5.74) is 10.5. The van der Waals surface area contributed by atoms with Crippen molar-refractivity contribution >= 4 is 12.0 Å². The van der Waals surface area contributed by atoms with E-state index >= 15 is 0 Å². The zero-order chi connectivity index (χ0) is 13.2. The topological polar surface area (TPSA) is 66.9 Å². The molecule has 0 fully saturated rings. The van der Waals surface area contributed by atoms with E-state index in [4.69, 9.17) is 11.0 Å². The Morgan fingerprint density at radius 3 is 2.06 bits per heavy atom. The molecule has 0 spiro atoms. The number of hydrogen-bond acceptors (Lipinski definition) is 2. The minimum atomic E-state index is -0.689. The van der Waals surface area contributed by atoms with E-state index in [0.29, 0.717) is 0 Å². The molecule has 0 unspecified atom stereocenters. The van der Waals surface area contributed by atoms with Crippen molar-refractivity contribution in [2.24, 2.45) is 5.73 Å². The lowest BCUT2D eigenvalue weighted by Gasteiger charge is -2.12. The average molecular weight is 228 g/mol. The maximum atomic E-state index is 11.1. The molecule has 0 aromatic heterocycles. The average Bonchev–Trinajstić information content (AvgIpc) is 2.26. The maximum Gasteiger partial charge on any atom is 0.259 e. The molecule has 0 heterocycles. The van der Waals surface area contributed by atoms with Crippen molar-refractivity contribution in [1.82, 2.24) is 0 Å². The van der Waals surface area contributed by atoms with Crippen LogP contribution in [0.3, 0.4) is 0 Å². The van der Waals surface area contributed by atoms with Crippen molar-refractivity contribution < 1.29 is 4.79 Å². The van der Waals surface area contributed by atoms with Gasteiger partial charge in [0.15, 0.2) is 0 Å². The number of nitrogens with zero attached hydrogens (tertiary/aromatic N) is 1. The number of aryl methyl sites for hydroxylation is 2. The van der Waals surface area contributed by atoms with Crippen LogP contribution in [-0.2, 0) is 4.79 Å². The fourth-order valence-electron chi connectivity index (χ4n) is 1.77. The Hall–Kier alpha value is -2.08. The first kappa shape index (κ1) is 13.0. The number of carbonyl (C=O) groups excluding carboxylic acids is 1. The number of carbonyl (C=O) groups is 1. The van der Waals surface area contributed by atoms with Crippen LogP contribution in [0.15, 0.2) is 11.6 Å². The number of hydrogen-bond donors (Lipinski definition) is 1. The van der Waals surface area contributed by atoms with Crippen LogP contribution in [0.4, 0.5) is 0 Å². The van der Waals surface area contributed by atoms with Crippen LogP contribution in [-0.4, -0.2) is 5.91 Å². The van der Waals surface area contributed by atoms with Gasteiger partial charge in [0, 0.05) is 0 Å². The van der Waals surface area contributed by atoms with Crippen molar-refractivity contribution in [3.63, 3.8) is 0 Å². The monoisotopic (exact) mass is 228 g/mol. The Morgan fingerprint density at radius 1 is 1.24 bits per heavy atom. The van der Waals surface area contributed by atoms with Crippen LogP contribution in [0.1, 0.15) is 27.8 Å². The number of amides is 1. The van der Waals surface area contributed by atoms with Crippen LogP contribution in [0.5, 0.6) is 0 Å². The Balaban J connectivity index is 3.53. The number of rotatable bonds is 2. The van der Waals surface area contributed by atoms with Gasteiger partial charge in [0.2, 0.25) is 0 Å². The molecule has 1 aromatic rings. The molecule has 88 valence electrons. The molecule has 17 heavy (non-hydrogen) atoms. The van der Waals surface area contributed by atoms with Gasteiger partial charge in [0.25, 0.3) is 5.91 Å². The predicted octanol–water partition coefficient (Wildman–Crippen LogP) is 2.31. The normalized spacial score (nSPS) is 11.1. The summed E-state index contributed by atoms with van der Waals surface area (Å²) < 4.78 is 0. The standard InChI is InChI=1S/C14H16N2O/c1-8-5-9(2)11(4)13(10(8)3)6-12(7-15)14(16)17/h5-6H,1-4H3,(H2,16,17)/b12-6-. The van der Waals surface area contributed by atoms with Gasteiger partial charge in [0.1, 0.15) is 11.6 Å². The molecule has 3 nitrogen and oxygen atoms in total. The highest BCUT2D eigenvalue weighted by Gasteiger charge is 2.10. The van der Waals surface area contributed by atoms with Gasteiger partial charge in [-0.05, 0) is 61.6 Å². The van der Waals surface area contributed by atoms with Gasteiger partial charge in [-0.1, -0.05) is 6.07 Å². The molecule has 0 aliphatic heterocycles. The first-order valence-corrected chi connectivity index (χ1v) is 5.37. The second-order valence-corrected chi connectivity index (χ2v) is 4.21. The molecule has 0 radical (unpaired) electrons. The van der Waals surface area contributed by atoms with Crippen LogP contribution in [0.25, 0.3) is 6.08 Å². The van der Waals surface area contributed by atoms with Crippen LogP contribution in [0.2, 0.25) is 0 Å². The van der Waals surface area contributed by atoms with Crippen LogP contribution in [0, 0.1) is 39.0 Å². The quantitative estimate of drug-likeness (QED) is 0.623. The highest BCUT2D eigenvalue weighted by molar-refractivity contribution is 6.01. The van der Waals surface area contributed by atoms with E-state index in [9.17, 15) is 4.79 Å². The summed E-state index contributed by atoms with van der Waals surface area (Å²) in [5, 5.41) is 8.86. The van der Waals surface area contributed by atoms with Crippen molar-refractivity contribution in [1.29, 1.82) is 5.26 Å². The summed E-state index contributed by atoms with van der Waals surface area (Å²) in [6.45, 7) is 7.97. The van der Waals surface area contributed by atoms with E-state index < -0.39 is 5.91 Å². The molecular formula is C14H16N2O. The minimum absolute atomic E-state index is 0.0128. The third kappa shape index (κ3) is 2.54. The van der Waals surface area contributed by atoms with Gasteiger partial charge in [-0.2, -0.15) is 5.26 Å². The summed E-state index contributed by atoms with van der Waals surface area (Å²) in [5.74, 6) is -0.689. The summed E-state index contributed by atoms with van der Waals surface area (Å²) in [6, 6.07) is 3.93. The van der Waals surface area contributed by atoms with Gasteiger partial charge in [-0.15, -0.1) is 0 Å². The first-order valence-electron chi connectivity index (χ1n) is 5.37. The van der Waals surface area contributed by atoms with Crippen LogP contribution >= 0.6 is 0 Å². The van der Waals surface area contributed by atoms with Crippen molar-refractivity contribution in [2.45, 2.75) is 27.7 Å². The largest absolute Gasteiger partial charge is 0.365 e. The van der Waals surface area contributed by atoms with Gasteiger partial charge in [0.05, 0.1) is 0 Å². The lowest BCUT2D eigenvalue weighted by atomic mass is 9.93. The lowest BCUT2D eigenvalue weighted by Crippen LogP contribution is -2.12. The van der Waals surface area contributed by atoms with E-state index in [-0.39, 0.29) is 5.57 Å². The van der Waals surface area contributed by atoms with Crippen molar-refractivity contribution in [3.8, 4) is 6.07 Å². The molecule has 0 bridgehead atoms. The molecule has 0 saturated heterocycles. The molecule has 1 amide bonds. The molecule has 0 saturated carbocycles. The molecule has 1 rings (SSSR count). The Bertz CT molecular complexity index is 522. The second kappa shape index (κ2) is 4.84. The van der Waals surface area contributed by atoms with Crippen LogP contribution < -0.4 is 5.73 Å². The van der Waals surface area contributed by atoms with E-state index in [1.165, 1.54) is 0 Å².